The summed E-state index contributed by atoms with van der Waals surface area (Å²) in [6.45, 7) is 14.8. The molecule has 0 bridgehead atoms. The molecule has 0 saturated heterocycles. The van der Waals surface area contributed by atoms with Gasteiger partial charge < -0.3 is 4.74 Å². The molecule has 1 nitrogen and oxygen atoms in total. The Labute approximate surface area is 83.2 Å². The van der Waals surface area contributed by atoms with Crippen LogP contribution in [0.5, 0.6) is 0 Å². The van der Waals surface area contributed by atoms with Crippen LogP contribution < -0.4 is 0 Å². The second-order valence-electron chi connectivity index (χ2n) is 4.30. The highest BCUT2D eigenvalue weighted by atomic mass is 16.5. The van der Waals surface area contributed by atoms with Crippen LogP contribution in [0, 0.1) is 11.8 Å². The van der Waals surface area contributed by atoms with Gasteiger partial charge in [-0.25, -0.2) is 0 Å². The lowest BCUT2D eigenvalue weighted by Gasteiger charge is -2.40. The van der Waals surface area contributed by atoms with Gasteiger partial charge in [0.15, 0.2) is 0 Å². The van der Waals surface area contributed by atoms with Gasteiger partial charge in [-0.3, -0.25) is 0 Å². The predicted molar refractivity (Wildman–Crippen MR) is 58.6 cm³/mol. The maximum absolute atomic E-state index is 5.76. The fourth-order valence-corrected chi connectivity index (χ4v) is 2.12. The Kier molecular flexibility index (Phi) is 5.12. The molecular weight excluding hydrogens is 160 g/mol. The highest BCUT2D eigenvalue weighted by Gasteiger charge is 2.37. The van der Waals surface area contributed by atoms with Crippen LogP contribution in [0.25, 0.3) is 0 Å². The van der Waals surface area contributed by atoms with Crippen molar-refractivity contribution in [2.45, 2.75) is 53.1 Å². The summed E-state index contributed by atoms with van der Waals surface area (Å²) in [5.74, 6) is 1.07. The zero-order valence-electron chi connectivity index (χ0n) is 9.76. The Morgan fingerprint density at radius 2 is 1.69 bits per heavy atom. The van der Waals surface area contributed by atoms with Crippen molar-refractivity contribution in [1.29, 1.82) is 0 Å². The van der Waals surface area contributed by atoms with Crippen molar-refractivity contribution in [3.05, 3.63) is 12.8 Å². The summed E-state index contributed by atoms with van der Waals surface area (Å²) in [4.78, 5) is 0. The monoisotopic (exact) mass is 184 g/mol. The predicted octanol–water partition coefficient (Wildman–Crippen LogP) is 4.00. The van der Waals surface area contributed by atoms with Gasteiger partial charge in [0.2, 0.25) is 0 Å². The molecule has 78 valence electrons. The van der Waals surface area contributed by atoms with Crippen molar-refractivity contribution in [1.82, 2.24) is 0 Å². The molecule has 0 fully saturated rings. The van der Waals surface area contributed by atoms with E-state index in [4.69, 9.17) is 4.74 Å². The Balaban J connectivity index is 4.68. The molecule has 0 radical (unpaired) electrons. The van der Waals surface area contributed by atoms with Crippen molar-refractivity contribution in [3.63, 3.8) is 0 Å². The third-order valence-corrected chi connectivity index (χ3v) is 2.90. The van der Waals surface area contributed by atoms with Gasteiger partial charge in [0.05, 0.1) is 6.26 Å². The van der Waals surface area contributed by atoms with Gasteiger partial charge in [-0.2, -0.15) is 0 Å². The minimum atomic E-state index is -0.0174. The molecule has 0 heterocycles. The molecule has 0 aliphatic carbocycles. The van der Waals surface area contributed by atoms with E-state index in [-0.39, 0.29) is 5.60 Å². The van der Waals surface area contributed by atoms with Crippen LogP contribution in [-0.2, 0) is 4.74 Å². The standard InChI is InChI=1S/C12H24O/c1-7-9-12(10(3)4,11(5)6)13-8-2/h8,10-11H,2,7,9H2,1,3-6H3. The first-order valence-electron chi connectivity index (χ1n) is 5.30. The molecule has 1 heteroatoms. The van der Waals surface area contributed by atoms with Crippen LogP contribution in [-0.4, -0.2) is 5.60 Å². The molecule has 0 N–H and O–H groups in total. The Hall–Kier alpha value is -0.460. The van der Waals surface area contributed by atoms with Crippen LogP contribution in [0.4, 0.5) is 0 Å². The largest absolute Gasteiger partial charge is 0.495 e. The summed E-state index contributed by atoms with van der Waals surface area (Å²) >= 11 is 0. The highest BCUT2D eigenvalue weighted by molar-refractivity contribution is 4.88. The molecule has 0 saturated carbocycles. The van der Waals surface area contributed by atoms with E-state index in [1.165, 1.54) is 0 Å². The smallest absolute Gasteiger partial charge is 0.113 e. The number of hydrogen-bond acceptors (Lipinski definition) is 1. The number of ether oxygens (including phenoxy) is 1. The summed E-state index contributed by atoms with van der Waals surface area (Å²) in [7, 11) is 0. The SMILES string of the molecule is C=COC(CCC)(C(C)C)C(C)C. The minimum absolute atomic E-state index is 0.0174. The first-order valence-corrected chi connectivity index (χ1v) is 5.30. The van der Waals surface area contributed by atoms with E-state index in [2.05, 4.69) is 41.2 Å². The molecule has 0 spiro atoms. The summed E-state index contributed by atoms with van der Waals surface area (Å²) in [6.07, 6.45) is 3.86. The second kappa shape index (κ2) is 5.31. The lowest BCUT2D eigenvalue weighted by Crippen LogP contribution is -2.42. The quantitative estimate of drug-likeness (QED) is 0.567. The molecule has 0 aliphatic heterocycles. The van der Waals surface area contributed by atoms with Gasteiger partial charge in [0.1, 0.15) is 5.60 Å². The van der Waals surface area contributed by atoms with Crippen molar-refractivity contribution >= 4 is 0 Å². The van der Waals surface area contributed by atoms with Gasteiger partial charge in [0, 0.05) is 0 Å². The highest BCUT2D eigenvalue weighted by Crippen LogP contribution is 2.35. The van der Waals surface area contributed by atoms with Crippen molar-refractivity contribution in [3.8, 4) is 0 Å². The maximum Gasteiger partial charge on any atom is 0.113 e. The van der Waals surface area contributed by atoms with E-state index in [0.29, 0.717) is 11.8 Å². The van der Waals surface area contributed by atoms with Crippen LogP contribution in [0.2, 0.25) is 0 Å². The Morgan fingerprint density at radius 1 is 1.23 bits per heavy atom. The van der Waals surface area contributed by atoms with Crippen LogP contribution in [0.1, 0.15) is 47.5 Å². The first kappa shape index (κ1) is 12.5. The lowest BCUT2D eigenvalue weighted by atomic mass is 9.77. The van der Waals surface area contributed by atoms with Crippen molar-refractivity contribution in [2.75, 3.05) is 0 Å². The Morgan fingerprint density at radius 3 is 1.92 bits per heavy atom. The normalized spacial score (nSPS) is 12.2. The third-order valence-electron chi connectivity index (χ3n) is 2.90. The van der Waals surface area contributed by atoms with Crippen LogP contribution >= 0.6 is 0 Å². The molecule has 0 atom stereocenters. The van der Waals surface area contributed by atoms with Gasteiger partial charge in [-0.15, -0.1) is 0 Å². The van der Waals surface area contributed by atoms with E-state index < -0.39 is 0 Å². The van der Waals surface area contributed by atoms with Crippen LogP contribution in [0.15, 0.2) is 12.8 Å². The molecule has 0 aliphatic rings. The maximum atomic E-state index is 5.76. The van der Waals surface area contributed by atoms with Gasteiger partial charge in [-0.1, -0.05) is 47.6 Å². The van der Waals surface area contributed by atoms with E-state index >= 15 is 0 Å². The fourth-order valence-electron chi connectivity index (χ4n) is 2.12. The molecule has 13 heavy (non-hydrogen) atoms. The van der Waals surface area contributed by atoms with E-state index in [9.17, 15) is 0 Å². The van der Waals surface area contributed by atoms with Gasteiger partial charge in [-0.05, 0) is 18.3 Å². The van der Waals surface area contributed by atoms with Crippen molar-refractivity contribution < 1.29 is 4.74 Å². The molecule has 0 aromatic rings. The molecule has 0 aromatic carbocycles. The number of hydrogen-bond donors (Lipinski definition) is 0. The summed E-state index contributed by atoms with van der Waals surface area (Å²) in [6, 6.07) is 0. The zero-order valence-corrected chi connectivity index (χ0v) is 9.76. The molecule has 0 unspecified atom stereocenters. The topological polar surface area (TPSA) is 9.23 Å². The van der Waals surface area contributed by atoms with Gasteiger partial charge in [0.25, 0.3) is 0 Å². The lowest BCUT2D eigenvalue weighted by molar-refractivity contribution is -0.0653. The molecule has 0 rings (SSSR count). The molecule has 0 amide bonds. The second-order valence-corrected chi connectivity index (χ2v) is 4.30. The molecule has 0 aromatic heterocycles. The molecular formula is C12H24O. The minimum Gasteiger partial charge on any atom is -0.495 e. The first-order chi connectivity index (χ1) is 6.01. The van der Waals surface area contributed by atoms with E-state index in [1.54, 1.807) is 6.26 Å². The van der Waals surface area contributed by atoms with Crippen LogP contribution in [0.3, 0.4) is 0 Å². The van der Waals surface area contributed by atoms with Gasteiger partial charge >= 0.3 is 0 Å². The fraction of sp³-hybridized carbons (Fsp3) is 0.833. The summed E-state index contributed by atoms with van der Waals surface area (Å²) in [5.41, 5.74) is -0.0174. The Bertz CT molecular complexity index is 139. The average molecular weight is 184 g/mol. The average Bonchev–Trinajstić information content (AvgIpc) is 2.03. The summed E-state index contributed by atoms with van der Waals surface area (Å²) in [5, 5.41) is 0. The number of rotatable bonds is 6. The third kappa shape index (κ3) is 2.75. The van der Waals surface area contributed by atoms with Crippen molar-refractivity contribution in [2.24, 2.45) is 11.8 Å². The zero-order chi connectivity index (χ0) is 10.5. The van der Waals surface area contributed by atoms with E-state index in [0.717, 1.165) is 12.8 Å². The van der Waals surface area contributed by atoms with E-state index in [1.807, 2.05) is 0 Å². The summed E-state index contributed by atoms with van der Waals surface area (Å²) < 4.78 is 5.76.